The lowest BCUT2D eigenvalue weighted by atomic mass is 10.3. The van der Waals surface area contributed by atoms with Crippen LogP contribution in [0.3, 0.4) is 0 Å². The van der Waals surface area contributed by atoms with Crippen molar-refractivity contribution in [3.63, 3.8) is 0 Å². The average molecular weight is 372 g/mol. The summed E-state index contributed by atoms with van der Waals surface area (Å²) < 4.78 is 19.1. The maximum Gasteiger partial charge on any atom is 0.286 e. The van der Waals surface area contributed by atoms with Crippen LogP contribution in [0.25, 0.3) is 10.2 Å². The molecule has 3 rings (SSSR count). The minimum atomic E-state index is -0.332. The number of nitrogens with zero attached hydrogens (tertiary/aromatic N) is 2. The zero-order chi connectivity index (χ0) is 18.5. The summed E-state index contributed by atoms with van der Waals surface area (Å²) in [7, 11) is 3.20. The van der Waals surface area contributed by atoms with Gasteiger partial charge in [0.2, 0.25) is 0 Å². The van der Waals surface area contributed by atoms with Crippen LogP contribution < -0.4 is 19.0 Å². The summed E-state index contributed by atoms with van der Waals surface area (Å²) in [4.78, 5) is 17.1. The zero-order valence-corrected chi connectivity index (χ0v) is 15.7. The molecule has 1 aromatic heterocycles. The number of rotatable bonds is 6. The fourth-order valence-corrected chi connectivity index (χ4v) is 3.71. The van der Waals surface area contributed by atoms with E-state index in [0.717, 1.165) is 10.2 Å². The van der Waals surface area contributed by atoms with E-state index in [2.05, 4.69) is 4.99 Å². The van der Waals surface area contributed by atoms with Gasteiger partial charge in [0, 0.05) is 18.7 Å². The Labute approximate surface area is 155 Å². The zero-order valence-electron chi connectivity index (χ0n) is 14.9. The second-order valence-corrected chi connectivity index (χ2v) is 6.42. The predicted molar refractivity (Wildman–Crippen MR) is 101 cm³/mol. The number of carbonyl (C=O) groups excluding carboxylic acids is 1. The molecule has 1 amide bonds. The number of ether oxygens (including phenoxy) is 3. The molecule has 7 heteroatoms. The third kappa shape index (κ3) is 3.72. The topological polar surface area (TPSA) is 62.1 Å². The van der Waals surface area contributed by atoms with Gasteiger partial charge in [0.15, 0.2) is 22.9 Å². The van der Waals surface area contributed by atoms with Gasteiger partial charge in [-0.3, -0.25) is 4.79 Å². The van der Waals surface area contributed by atoms with Crippen molar-refractivity contribution in [1.29, 1.82) is 0 Å². The third-order valence-corrected chi connectivity index (χ3v) is 4.87. The van der Waals surface area contributed by atoms with E-state index >= 15 is 0 Å². The molecular weight excluding hydrogens is 352 g/mol. The van der Waals surface area contributed by atoms with Gasteiger partial charge in [-0.1, -0.05) is 29.5 Å². The largest absolute Gasteiger partial charge is 0.493 e. The van der Waals surface area contributed by atoms with E-state index in [9.17, 15) is 4.79 Å². The monoisotopic (exact) mass is 372 g/mol. The highest BCUT2D eigenvalue weighted by Crippen LogP contribution is 2.33. The van der Waals surface area contributed by atoms with Crippen LogP contribution in [0.5, 0.6) is 17.2 Å². The molecule has 0 aliphatic carbocycles. The summed E-state index contributed by atoms with van der Waals surface area (Å²) in [6.07, 6.45) is 0. The van der Waals surface area contributed by atoms with Crippen molar-refractivity contribution in [3.05, 3.63) is 47.3 Å². The van der Waals surface area contributed by atoms with Gasteiger partial charge in [-0.15, -0.1) is 0 Å². The van der Waals surface area contributed by atoms with E-state index in [1.165, 1.54) is 11.3 Å². The van der Waals surface area contributed by atoms with Gasteiger partial charge in [-0.2, -0.15) is 4.99 Å². The molecule has 0 aliphatic heterocycles. The number of fused-ring (bicyclic) bond motifs is 1. The fourth-order valence-electron chi connectivity index (χ4n) is 2.59. The van der Waals surface area contributed by atoms with Crippen molar-refractivity contribution >= 4 is 27.5 Å². The van der Waals surface area contributed by atoms with E-state index in [-0.39, 0.29) is 12.5 Å². The van der Waals surface area contributed by atoms with Gasteiger partial charge in [0.05, 0.1) is 24.4 Å². The Morgan fingerprint density at radius 3 is 2.46 bits per heavy atom. The van der Waals surface area contributed by atoms with Crippen LogP contribution in [-0.4, -0.2) is 31.3 Å². The highest BCUT2D eigenvalue weighted by molar-refractivity contribution is 7.16. The molecule has 2 aromatic carbocycles. The molecular formula is C19H20N2O4S. The van der Waals surface area contributed by atoms with Crippen molar-refractivity contribution < 1.29 is 19.0 Å². The Bertz CT molecular complexity index is 976. The first-order valence-corrected chi connectivity index (χ1v) is 8.98. The normalized spacial score (nSPS) is 11.6. The summed E-state index contributed by atoms with van der Waals surface area (Å²) >= 11 is 1.43. The maximum atomic E-state index is 12.2. The van der Waals surface area contributed by atoms with Gasteiger partial charge < -0.3 is 18.8 Å². The quantitative estimate of drug-likeness (QED) is 0.666. The number of amides is 1. The second kappa shape index (κ2) is 8.05. The van der Waals surface area contributed by atoms with Crippen molar-refractivity contribution in [2.75, 3.05) is 20.8 Å². The number of methoxy groups -OCH3 is 2. The van der Waals surface area contributed by atoms with E-state index < -0.39 is 0 Å². The van der Waals surface area contributed by atoms with Crippen LogP contribution in [-0.2, 0) is 11.3 Å². The van der Waals surface area contributed by atoms with E-state index in [4.69, 9.17) is 14.2 Å². The predicted octanol–water partition coefficient (Wildman–Crippen LogP) is 3.25. The molecule has 0 radical (unpaired) electrons. The van der Waals surface area contributed by atoms with E-state index in [1.807, 2.05) is 41.8 Å². The minimum Gasteiger partial charge on any atom is -0.493 e. The first kappa shape index (κ1) is 18.0. The molecule has 0 atom stereocenters. The Kier molecular flexibility index (Phi) is 5.58. The number of thiazole rings is 1. The van der Waals surface area contributed by atoms with Crippen LogP contribution >= 0.6 is 11.3 Å². The van der Waals surface area contributed by atoms with E-state index in [1.54, 1.807) is 26.4 Å². The van der Waals surface area contributed by atoms with Crippen LogP contribution in [0, 0.1) is 0 Å². The first-order chi connectivity index (χ1) is 12.7. The van der Waals surface area contributed by atoms with Gasteiger partial charge in [0.1, 0.15) is 5.75 Å². The molecule has 0 saturated carbocycles. The van der Waals surface area contributed by atoms with Gasteiger partial charge in [-0.25, -0.2) is 0 Å². The summed E-state index contributed by atoms with van der Waals surface area (Å²) in [5.41, 5.74) is 0.950. The fraction of sp³-hybridized carbons (Fsp3) is 0.263. The molecule has 0 unspecified atom stereocenters. The molecule has 26 heavy (non-hydrogen) atoms. The first-order valence-electron chi connectivity index (χ1n) is 8.17. The SMILES string of the molecule is CCn1c(=NC(=O)COc2ccccc2)sc2cc(OC)c(OC)cc21. The van der Waals surface area contributed by atoms with Gasteiger partial charge in [0.25, 0.3) is 5.91 Å². The highest BCUT2D eigenvalue weighted by Gasteiger charge is 2.12. The van der Waals surface area contributed by atoms with Crippen LogP contribution in [0.15, 0.2) is 47.5 Å². The molecule has 0 saturated heterocycles. The lowest BCUT2D eigenvalue weighted by Crippen LogP contribution is -2.18. The summed E-state index contributed by atoms with van der Waals surface area (Å²) in [6.45, 7) is 2.59. The molecule has 0 bridgehead atoms. The number of carbonyl (C=O) groups is 1. The molecule has 0 fully saturated rings. The molecule has 6 nitrogen and oxygen atoms in total. The van der Waals surface area contributed by atoms with Crippen molar-refractivity contribution in [2.45, 2.75) is 13.5 Å². The van der Waals surface area contributed by atoms with Gasteiger partial charge in [-0.05, 0) is 19.1 Å². The molecule has 136 valence electrons. The van der Waals surface area contributed by atoms with Gasteiger partial charge >= 0.3 is 0 Å². The highest BCUT2D eigenvalue weighted by atomic mass is 32.1. The van der Waals surface area contributed by atoms with Crippen LogP contribution in [0.4, 0.5) is 0 Å². The van der Waals surface area contributed by atoms with Crippen LogP contribution in [0.2, 0.25) is 0 Å². The summed E-state index contributed by atoms with van der Waals surface area (Å²) in [5, 5.41) is 0. The minimum absolute atomic E-state index is 0.103. The Morgan fingerprint density at radius 2 is 1.81 bits per heavy atom. The Morgan fingerprint density at radius 1 is 1.12 bits per heavy atom. The number of para-hydroxylation sites is 1. The number of aromatic nitrogens is 1. The molecule has 3 aromatic rings. The Balaban J connectivity index is 1.93. The smallest absolute Gasteiger partial charge is 0.286 e. The molecule has 1 heterocycles. The number of aryl methyl sites for hydroxylation is 1. The molecule has 0 aliphatic rings. The molecule has 0 N–H and O–H groups in total. The van der Waals surface area contributed by atoms with Crippen molar-refractivity contribution in [3.8, 4) is 17.2 Å². The summed E-state index contributed by atoms with van der Waals surface area (Å²) in [5.74, 6) is 1.60. The lowest BCUT2D eigenvalue weighted by molar-refractivity contribution is -0.120. The van der Waals surface area contributed by atoms with Crippen molar-refractivity contribution in [2.24, 2.45) is 4.99 Å². The maximum absolute atomic E-state index is 12.2. The standard InChI is InChI=1S/C19H20N2O4S/c1-4-21-14-10-15(23-2)16(24-3)11-17(14)26-19(21)20-18(22)12-25-13-8-6-5-7-9-13/h5-11H,4,12H2,1-3H3. The van der Waals surface area contributed by atoms with Crippen molar-refractivity contribution in [1.82, 2.24) is 4.57 Å². The van der Waals surface area contributed by atoms with Crippen LogP contribution in [0.1, 0.15) is 6.92 Å². The number of hydrogen-bond donors (Lipinski definition) is 0. The lowest BCUT2D eigenvalue weighted by Gasteiger charge is -2.08. The average Bonchev–Trinajstić information content (AvgIpc) is 3.01. The van der Waals surface area contributed by atoms with E-state index in [0.29, 0.717) is 28.6 Å². The summed E-state index contributed by atoms with van der Waals surface area (Å²) in [6, 6.07) is 13.0. The number of hydrogen-bond acceptors (Lipinski definition) is 5. The molecule has 0 spiro atoms. The Hall–Kier alpha value is -2.80. The third-order valence-electron chi connectivity index (χ3n) is 3.83. The second-order valence-electron chi connectivity index (χ2n) is 5.41. The number of benzene rings is 2.